The summed E-state index contributed by atoms with van der Waals surface area (Å²) in [5.74, 6) is -0.658. The van der Waals surface area contributed by atoms with Gasteiger partial charge >= 0.3 is 0 Å². The van der Waals surface area contributed by atoms with E-state index in [4.69, 9.17) is 16.0 Å². The van der Waals surface area contributed by atoms with E-state index < -0.39 is 5.97 Å². The molecule has 0 radical (unpaired) electrons. The molecule has 138 valence electrons. The van der Waals surface area contributed by atoms with E-state index in [-0.39, 0.29) is 5.56 Å². The van der Waals surface area contributed by atoms with Gasteiger partial charge in [0.15, 0.2) is 0 Å². The highest BCUT2D eigenvalue weighted by Gasteiger charge is 2.09. The van der Waals surface area contributed by atoms with Crippen molar-refractivity contribution >= 4 is 34.2 Å². The zero-order chi connectivity index (χ0) is 19.7. The van der Waals surface area contributed by atoms with Crippen LogP contribution in [0, 0.1) is 6.92 Å². The van der Waals surface area contributed by atoms with E-state index in [2.05, 4.69) is 4.99 Å². The summed E-state index contributed by atoms with van der Waals surface area (Å²) in [4.78, 5) is 15.8. The van der Waals surface area contributed by atoms with E-state index in [1.807, 2.05) is 49.4 Å². The molecule has 3 aromatic carbocycles. The van der Waals surface area contributed by atoms with Gasteiger partial charge in [0.25, 0.3) is 0 Å². The standard InChI is InChI=1S/C23H16ClNO3/c1-14-9-10-21-18(11-14)20(25-16-6-4-5-15(12-16)23(26)27)13-22(28-21)17-7-2-3-8-19(17)24/h2-13H,1H3,(H,26,27)/p-1. The fraction of sp³-hybridized carbons (Fsp3) is 0.0435. The maximum absolute atomic E-state index is 11.2. The normalized spacial score (nSPS) is 11.7. The molecule has 0 bridgehead atoms. The third-order valence-electron chi connectivity index (χ3n) is 4.37. The van der Waals surface area contributed by atoms with Crippen molar-refractivity contribution in [2.45, 2.75) is 6.92 Å². The number of hydrogen-bond acceptors (Lipinski definition) is 4. The predicted molar refractivity (Wildman–Crippen MR) is 107 cm³/mol. The van der Waals surface area contributed by atoms with Crippen molar-refractivity contribution in [2.75, 3.05) is 0 Å². The number of carbonyl (C=O) groups is 1. The quantitative estimate of drug-likeness (QED) is 0.512. The summed E-state index contributed by atoms with van der Waals surface area (Å²) in [7, 11) is 0. The number of nitrogens with zero attached hydrogens (tertiary/aromatic N) is 1. The largest absolute Gasteiger partial charge is 0.545 e. The van der Waals surface area contributed by atoms with E-state index in [0.717, 1.165) is 16.5 Å². The van der Waals surface area contributed by atoms with Gasteiger partial charge in [-0.3, -0.25) is 0 Å². The van der Waals surface area contributed by atoms with Gasteiger partial charge in [-0.2, -0.15) is 0 Å². The van der Waals surface area contributed by atoms with Crippen LogP contribution in [0.2, 0.25) is 5.02 Å². The van der Waals surface area contributed by atoms with E-state index in [1.54, 1.807) is 18.2 Å². The average molecular weight is 389 g/mol. The Labute approximate surface area is 166 Å². The lowest BCUT2D eigenvalue weighted by molar-refractivity contribution is -0.255. The molecule has 4 rings (SSSR count). The maximum atomic E-state index is 11.2. The first kappa shape index (κ1) is 18.0. The molecule has 4 nitrogen and oxygen atoms in total. The molecule has 5 heteroatoms. The molecule has 1 aromatic heterocycles. The molecule has 0 N–H and O–H groups in total. The minimum absolute atomic E-state index is 0.0775. The van der Waals surface area contributed by atoms with Gasteiger partial charge in [0.05, 0.1) is 22.0 Å². The Bertz CT molecular complexity index is 1270. The number of rotatable bonds is 3. The lowest BCUT2D eigenvalue weighted by Gasteiger charge is -2.08. The van der Waals surface area contributed by atoms with E-state index >= 15 is 0 Å². The first-order valence-electron chi connectivity index (χ1n) is 8.67. The Balaban J connectivity index is 2.01. The Kier molecular flexibility index (Phi) is 4.72. The Morgan fingerprint density at radius 3 is 2.61 bits per heavy atom. The van der Waals surface area contributed by atoms with Gasteiger partial charge in [-0.05, 0) is 48.9 Å². The average Bonchev–Trinajstić information content (AvgIpc) is 2.69. The summed E-state index contributed by atoms with van der Waals surface area (Å²) >= 11 is 6.34. The van der Waals surface area contributed by atoms with Crippen LogP contribution in [-0.4, -0.2) is 5.97 Å². The maximum Gasteiger partial charge on any atom is 0.138 e. The molecule has 4 aromatic rings. The third kappa shape index (κ3) is 3.55. The number of aromatic carboxylic acids is 1. The van der Waals surface area contributed by atoms with Crippen LogP contribution < -0.4 is 10.5 Å². The number of halogens is 1. The summed E-state index contributed by atoms with van der Waals surface area (Å²) in [5.41, 5.74) is 3.08. The third-order valence-corrected chi connectivity index (χ3v) is 4.70. The fourth-order valence-electron chi connectivity index (χ4n) is 3.01. The highest BCUT2D eigenvalue weighted by atomic mass is 35.5. The van der Waals surface area contributed by atoms with Gasteiger partial charge in [-0.15, -0.1) is 0 Å². The number of carbonyl (C=O) groups excluding carboxylic acids is 1. The van der Waals surface area contributed by atoms with Crippen LogP contribution in [0.15, 0.2) is 82.2 Å². The summed E-state index contributed by atoms with van der Waals surface area (Å²) in [6.07, 6.45) is 0. The lowest BCUT2D eigenvalue weighted by atomic mass is 10.1. The molecule has 1 heterocycles. The van der Waals surface area contributed by atoms with Crippen molar-refractivity contribution in [1.82, 2.24) is 0 Å². The number of fused-ring (bicyclic) bond motifs is 1. The minimum atomic E-state index is -1.24. The fourth-order valence-corrected chi connectivity index (χ4v) is 3.24. The van der Waals surface area contributed by atoms with Crippen molar-refractivity contribution in [3.63, 3.8) is 0 Å². The highest BCUT2D eigenvalue weighted by molar-refractivity contribution is 6.33. The van der Waals surface area contributed by atoms with Crippen LogP contribution >= 0.6 is 11.6 Å². The van der Waals surface area contributed by atoms with E-state index in [0.29, 0.717) is 27.4 Å². The van der Waals surface area contributed by atoms with Gasteiger partial charge in [0, 0.05) is 17.0 Å². The number of hydrogen-bond donors (Lipinski definition) is 0. The number of carboxylic acids is 1. The van der Waals surface area contributed by atoms with Gasteiger partial charge in [0.1, 0.15) is 11.3 Å². The summed E-state index contributed by atoms with van der Waals surface area (Å²) < 4.78 is 6.08. The first-order valence-corrected chi connectivity index (χ1v) is 9.04. The van der Waals surface area contributed by atoms with Crippen molar-refractivity contribution in [2.24, 2.45) is 4.99 Å². The molecule has 0 unspecified atom stereocenters. The number of aryl methyl sites for hydroxylation is 1. The van der Waals surface area contributed by atoms with Gasteiger partial charge in [-0.25, -0.2) is 4.99 Å². The second-order valence-electron chi connectivity index (χ2n) is 6.42. The van der Waals surface area contributed by atoms with E-state index in [9.17, 15) is 9.90 Å². The van der Waals surface area contributed by atoms with E-state index in [1.165, 1.54) is 12.1 Å². The van der Waals surface area contributed by atoms with Crippen molar-refractivity contribution in [3.8, 4) is 11.3 Å². The summed E-state index contributed by atoms with van der Waals surface area (Å²) in [6, 6.07) is 21.4. The van der Waals surface area contributed by atoms with Crippen LogP contribution in [0.5, 0.6) is 0 Å². The van der Waals surface area contributed by atoms with Gasteiger partial charge in [-0.1, -0.05) is 47.5 Å². The van der Waals surface area contributed by atoms with Crippen LogP contribution in [0.3, 0.4) is 0 Å². The van der Waals surface area contributed by atoms with Crippen LogP contribution in [-0.2, 0) is 0 Å². The molecule has 0 saturated carbocycles. The molecule has 0 fully saturated rings. The molecule has 0 atom stereocenters. The van der Waals surface area contributed by atoms with Crippen LogP contribution in [0.4, 0.5) is 5.69 Å². The van der Waals surface area contributed by atoms with Crippen molar-refractivity contribution in [3.05, 3.63) is 94.3 Å². The molecule has 0 aliphatic rings. The summed E-state index contributed by atoms with van der Waals surface area (Å²) in [5, 5.41) is 13.2. The molecule has 0 saturated heterocycles. The van der Waals surface area contributed by atoms with Crippen molar-refractivity contribution in [1.29, 1.82) is 0 Å². The number of benzene rings is 3. The highest BCUT2D eigenvalue weighted by Crippen LogP contribution is 2.29. The zero-order valence-corrected chi connectivity index (χ0v) is 15.7. The molecular weight excluding hydrogens is 374 g/mol. The molecule has 0 aliphatic carbocycles. The van der Waals surface area contributed by atoms with Crippen LogP contribution in [0.1, 0.15) is 15.9 Å². The van der Waals surface area contributed by atoms with Crippen LogP contribution in [0.25, 0.3) is 22.3 Å². The Hall–Kier alpha value is -3.37. The Morgan fingerprint density at radius 2 is 1.82 bits per heavy atom. The Morgan fingerprint density at radius 1 is 1.00 bits per heavy atom. The zero-order valence-electron chi connectivity index (χ0n) is 15.0. The second kappa shape index (κ2) is 7.33. The first-order chi connectivity index (χ1) is 13.5. The SMILES string of the molecule is Cc1ccc2oc(-c3ccccc3Cl)cc(=Nc3cccc(C(=O)[O-])c3)c2c1. The molecule has 0 spiro atoms. The monoisotopic (exact) mass is 388 g/mol. The topological polar surface area (TPSA) is 65.6 Å². The molecule has 28 heavy (non-hydrogen) atoms. The smallest absolute Gasteiger partial charge is 0.138 e. The molecular formula is C23H15ClNO3-. The predicted octanol–water partition coefficient (Wildman–Crippen LogP) is 4.66. The second-order valence-corrected chi connectivity index (χ2v) is 6.83. The molecule has 0 aliphatic heterocycles. The minimum Gasteiger partial charge on any atom is -0.545 e. The molecule has 0 amide bonds. The van der Waals surface area contributed by atoms with Crippen molar-refractivity contribution < 1.29 is 14.3 Å². The lowest BCUT2D eigenvalue weighted by Crippen LogP contribution is -2.21. The summed E-state index contributed by atoms with van der Waals surface area (Å²) in [6.45, 7) is 1.99. The van der Waals surface area contributed by atoms with Gasteiger partial charge in [0.2, 0.25) is 0 Å². The number of carboxylic acid groups (broad SMARTS) is 1. The van der Waals surface area contributed by atoms with Gasteiger partial charge < -0.3 is 14.3 Å².